The molecule has 0 spiro atoms. The van der Waals surface area contributed by atoms with Gasteiger partial charge in [-0.15, -0.1) is 0 Å². The molecular formula is C25H29NO2. The lowest BCUT2D eigenvalue weighted by Crippen LogP contribution is -2.48. The quantitative estimate of drug-likeness (QED) is 0.673. The van der Waals surface area contributed by atoms with E-state index >= 15 is 0 Å². The number of hydrogen-bond donors (Lipinski definition) is 1. The van der Waals surface area contributed by atoms with E-state index in [2.05, 4.69) is 18.0 Å². The molecule has 4 aliphatic carbocycles. The summed E-state index contributed by atoms with van der Waals surface area (Å²) in [5.41, 5.74) is 4.27. The van der Waals surface area contributed by atoms with Gasteiger partial charge in [-0.05, 0) is 105 Å². The number of aliphatic imine (C=N–C) groups is 1. The molecule has 4 aliphatic rings. The minimum Gasteiger partial charge on any atom is -0.507 e. The third kappa shape index (κ3) is 3.01. The normalized spacial score (nSPS) is 30.9. The van der Waals surface area contributed by atoms with Crippen molar-refractivity contribution in [1.82, 2.24) is 0 Å². The van der Waals surface area contributed by atoms with Crippen LogP contribution >= 0.6 is 0 Å². The van der Waals surface area contributed by atoms with E-state index < -0.39 is 0 Å². The van der Waals surface area contributed by atoms with Gasteiger partial charge in [-0.3, -0.25) is 4.99 Å². The monoisotopic (exact) mass is 375 g/mol. The van der Waals surface area contributed by atoms with Crippen molar-refractivity contribution >= 4 is 11.9 Å². The molecular weight excluding hydrogens is 346 g/mol. The van der Waals surface area contributed by atoms with E-state index in [4.69, 9.17) is 4.74 Å². The molecule has 3 heteroatoms. The van der Waals surface area contributed by atoms with Crippen LogP contribution in [0.2, 0.25) is 0 Å². The van der Waals surface area contributed by atoms with E-state index in [1.807, 2.05) is 36.5 Å². The average Bonchev–Trinajstić information content (AvgIpc) is 2.67. The maximum Gasteiger partial charge on any atom is 0.128 e. The van der Waals surface area contributed by atoms with Gasteiger partial charge in [0, 0.05) is 17.3 Å². The first kappa shape index (κ1) is 17.8. The second kappa shape index (κ2) is 6.65. The number of aryl methyl sites for hydroxylation is 1. The van der Waals surface area contributed by atoms with Crippen LogP contribution < -0.4 is 4.74 Å². The molecule has 4 saturated carbocycles. The molecule has 4 fully saturated rings. The highest BCUT2D eigenvalue weighted by atomic mass is 16.5. The second-order valence-electron chi connectivity index (χ2n) is 9.40. The van der Waals surface area contributed by atoms with Gasteiger partial charge in [0.05, 0.1) is 12.8 Å². The minimum absolute atomic E-state index is 0.188. The van der Waals surface area contributed by atoms with E-state index in [1.165, 1.54) is 49.7 Å². The number of benzene rings is 2. The number of phenolic OH excluding ortho intramolecular Hbond substituents is 1. The van der Waals surface area contributed by atoms with Gasteiger partial charge in [-0.1, -0.05) is 6.07 Å². The van der Waals surface area contributed by atoms with Crippen molar-refractivity contribution in [2.24, 2.45) is 22.7 Å². The maximum atomic E-state index is 11.2. The highest BCUT2D eigenvalue weighted by Gasteiger charge is 2.52. The van der Waals surface area contributed by atoms with Gasteiger partial charge in [0.25, 0.3) is 0 Å². The molecule has 1 N–H and O–H groups in total. The summed E-state index contributed by atoms with van der Waals surface area (Å²) in [4.78, 5) is 4.60. The lowest BCUT2D eigenvalue weighted by atomic mass is 9.48. The lowest BCUT2D eigenvalue weighted by molar-refractivity contribution is -0.00616. The molecule has 0 radical (unpaired) electrons. The molecule has 0 aliphatic heterocycles. The fraction of sp³-hybridized carbons (Fsp3) is 0.480. The summed E-state index contributed by atoms with van der Waals surface area (Å²) in [6.45, 7) is 2.13. The first-order chi connectivity index (χ1) is 13.5. The molecule has 28 heavy (non-hydrogen) atoms. The Morgan fingerprint density at radius 3 is 2.18 bits per heavy atom. The third-order valence-corrected chi connectivity index (χ3v) is 7.32. The smallest absolute Gasteiger partial charge is 0.128 e. The Morgan fingerprint density at radius 1 is 1.00 bits per heavy atom. The van der Waals surface area contributed by atoms with Crippen molar-refractivity contribution in [3.8, 4) is 11.5 Å². The van der Waals surface area contributed by atoms with Crippen molar-refractivity contribution < 1.29 is 9.84 Å². The maximum absolute atomic E-state index is 11.2. The van der Waals surface area contributed by atoms with Crippen molar-refractivity contribution in [3.63, 3.8) is 0 Å². The zero-order valence-electron chi connectivity index (χ0n) is 16.8. The molecule has 0 aromatic heterocycles. The van der Waals surface area contributed by atoms with Gasteiger partial charge >= 0.3 is 0 Å². The zero-order valence-corrected chi connectivity index (χ0v) is 16.8. The summed E-state index contributed by atoms with van der Waals surface area (Å²) in [6.07, 6.45) is 9.82. The van der Waals surface area contributed by atoms with Crippen LogP contribution in [0.1, 0.15) is 55.2 Å². The predicted molar refractivity (Wildman–Crippen MR) is 113 cm³/mol. The van der Waals surface area contributed by atoms with Gasteiger partial charge < -0.3 is 9.84 Å². The number of hydrogen-bond acceptors (Lipinski definition) is 3. The van der Waals surface area contributed by atoms with Crippen molar-refractivity contribution in [1.29, 1.82) is 0 Å². The van der Waals surface area contributed by atoms with E-state index in [0.717, 1.165) is 34.8 Å². The first-order valence-electron chi connectivity index (χ1n) is 10.6. The zero-order chi connectivity index (χ0) is 19.3. The standard InChI is InChI=1S/C25H29NO2/c1-16-7-20(15-26-21-3-5-22(28-2)6-4-21)24(27)23(8-16)25-12-17-9-18(13-25)11-19(10-17)14-25/h3-8,15,17-19,27H,9-14H2,1-2H3. The molecule has 0 unspecified atom stereocenters. The van der Waals surface area contributed by atoms with Gasteiger partial charge in [0.2, 0.25) is 0 Å². The second-order valence-corrected chi connectivity index (χ2v) is 9.40. The molecule has 146 valence electrons. The van der Waals surface area contributed by atoms with Crippen LogP contribution in [0.15, 0.2) is 41.4 Å². The van der Waals surface area contributed by atoms with E-state index in [-0.39, 0.29) is 5.41 Å². The molecule has 2 aromatic rings. The molecule has 0 saturated heterocycles. The summed E-state index contributed by atoms with van der Waals surface area (Å²) >= 11 is 0. The van der Waals surface area contributed by atoms with Crippen LogP contribution in [0.3, 0.4) is 0 Å². The molecule has 3 nitrogen and oxygen atoms in total. The Hall–Kier alpha value is -2.29. The van der Waals surface area contributed by atoms with Crippen LogP contribution in [0, 0.1) is 24.7 Å². The molecule has 0 atom stereocenters. The van der Waals surface area contributed by atoms with Crippen molar-refractivity contribution in [2.45, 2.75) is 50.9 Å². The van der Waals surface area contributed by atoms with E-state index in [1.54, 1.807) is 7.11 Å². The lowest BCUT2D eigenvalue weighted by Gasteiger charge is -2.57. The summed E-state index contributed by atoms with van der Waals surface area (Å²) in [5, 5.41) is 11.2. The Labute approximate surface area is 167 Å². The highest BCUT2D eigenvalue weighted by Crippen LogP contribution is 2.62. The minimum atomic E-state index is 0.188. The molecule has 4 bridgehead atoms. The number of phenols is 1. The Kier molecular flexibility index (Phi) is 4.22. The largest absolute Gasteiger partial charge is 0.507 e. The van der Waals surface area contributed by atoms with Crippen LogP contribution in [-0.2, 0) is 5.41 Å². The van der Waals surface area contributed by atoms with Gasteiger partial charge in [0.1, 0.15) is 11.5 Å². The van der Waals surface area contributed by atoms with E-state index in [9.17, 15) is 5.11 Å². The highest BCUT2D eigenvalue weighted by molar-refractivity contribution is 5.86. The Balaban J connectivity index is 1.49. The third-order valence-electron chi connectivity index (χ3n) is 7.32. The van der Waals surface area contributed by atoms with Gasteiger partial charge in [-0.2, -0.15) is 0 Å². The summed E-state index contributed by atoms with van der Waals surface area (Å²) in [5.74, 6) is 3.86. The number of nitrogens with zero attached hydrogens (tertiary/aromatic N) is 1. The average molecular weight is 376 g/mol. The van der Waals surface area contributed by atoms with Crippen LogP contribution in [0.25, 0.3) is 0 Å². The molecule has 6 rings (SSSR count). The van der Waals surface area contributed by atoms with Crippen molar-refractivity contribution in [3.05, 3.63) is 53.1 Å². The van der Waals surface area contributed by atoms with Gasteiger partial charge in [-0.25, -0.2) is 0 Å². The number of ether oxygens (including phenoxy) is 1. The van der Waals surface area contributed by atoms with Crippen LogP contribution in [0.4, 0.5) is 5.69 Å². The predicted octanol–water partition coefficient (Wildman–Crippen LogP) is 5.93. The van der Waals surface area contributed by atoms with Crippen LogP contribution in [0.5, 0.6) is 11.5 Å². The number of rotatable bonds is 4. The molecule has 0 amide bonds. The SMILES string of the molecule is COc1ccc(N=Cc2cc(C)cc(C34CC5CC(CC(C5)C3)C4)c2O)cc1. The fourth-order valence-electron chi connectivity index (χ4n) is 6.56. The van der Waals surface area contributed by atoms with Crippen LogP contribution in [-0.4, -0.2) is 18.4 Å². The summed E-state index contributed by atoms with van der Waals surface area (Å²) in [6, 6.07) is 12.0. The first-order valence-corrected chi connectivity index (χ1v) is 10.6. The molecule has 0 heterocycles. The number of methoxy groups -OCH3 is 1. The Bertz CT molecular complexity index is 878. The summed E-state index contributed by atoms with van der Waals surface area (Å²) < 4.78 is 5.21. The fourth-order valence-corrected chi connectivity index (χ4v) is 6.56. The van der Waals surface area contributed by atoms with Gasteiger partial charge in [0.15, 0.2) is 0 Å². The number of aromatic hydroxyl groups is 1. The topological polar surface area (TPSA) is 41.8 Å². The van der Waals surface area contributed by atoms with Crippen molar-refractivity contribution in [2.75, 3.05) is 7.11 Å². The summed E-state index contributed by atoms with van der Waals surface area (Å²) in [7, 11) is 1.66. The molecule has 2 aromatic carbocycles. The van der Waals surface area contributed by atoms with E-state index in [0.29, 0.717) is 5.75 Å². The Morgan fingerprint density at radius 2 is 1.61 bits per heavy atom.